The van der Waals surface area contributed by atoms with Gasteiger partial charge in [-0.1, -0.05) is 43.8 Å². The zero-order valence-corrected chi connectivity index (χ0v) is 8.74. The highest BCUT2D eigenvalue weighted by atomic mass is 15.1. The van der Waals surface area contributed by atoms with E-state index in [1.807, 2.05) is 12.1 Å². The Morgan fingerprint density at radius 2 is 2.07 bits per heavy atom. The van der Waals surface area contributed by atoms with Crippen LogP contribution in [-0.2, 0) is 6.54 Å². The summed E-state index contributed by atoms with van der Waals surface area (Å²) in [5, 5.41) is 0. The van der Waals surface area contributed by atoms with Gasteiger partial charge in [-0.3, -0.25) is 4.90 Å². The summed E-state index contributed by atoms with van der Waals surface area (Å²) in [6.45, 7) is 8.70. The van der Waals surface area contributed by atoms with Crippen LogP contribution in [0.15, 0.2) is 48.7 Å². The van der Waals surface area contributed by atoms with Crippen molar-refractivity contribution in [2.75, 3.05) is 13.1 Å². The van der Waals surface area contributed by atoms with Gasteiger partial charge in [0, 0.05) is 13.1 Å². The smallest absolute Gasteiger partial charge is 0.0241 e. The second-order valence-electron chi connectivity index (χ2n) is 3.22. The van der Waals surface area contributed by atoms with Gasteiger partial charge in [-0.2, -0.15) is 0 Å². The van der Waals surface area contributed by atoms with Gasteiger partial charge in [-0.15, -0.1) is 5.73 Å². The van der Waals surface area contributed by atoms with Crippen molar-refractivity contribution in [3.63, 3.8) is 0 Å². The molecule has 0 heterocycles. The maximum Gasteiger partial charge on any atom is 0.0241 e. The quantitative estimate of drug-likeness (QED) is 0.641. The lowest BCUT2D eigenvalue weighted by atomic mass is 10.2. The van der Waals surface area contributed by atoms with E-state index in [1.165, 1.54) is 5.56 Å². The Morgan fingerprint density at radius 3 is 2.64 bits per heavy atom. The molecule has 0 aliphatic carbocycles. The Hall–Kier alpha value is -1.30. The topological polar surface area (TPSA) is 3.24 Å². The fraction of sp³-hybridized carbons (Fsp3) is 0.308. The lowest BCUT2D eigenvalue weighted by molar-refractivity contribution is 0.311. The molecule has 0 N–H and O–H groups in total. The van der Waals surface area contributed by atoms with Gasteiger partial charge in [0.2, 0.25) is 0 Å². The normalized spacial score (nSPS) is 9.86. The molecule has 0 aliphatic heterocycles. The van der Waals surface area contributed by atoms with Crippen LogP contribution in [0.5, 0.6) is 0 Å². The molecule has 0 unspecified atom stereocenters. The van der Waals surface area contributed by atoms with Gasteiger partial charge in [0.05, 0.1) is 0 Å². The van der Waals surface area contributed by atoms with E-state index >= 15 is 0 Å². The Labute approximate surface area is 86.4 Å². The monoisotopic (exact) mass is 187 g/mol. The van der Waals surface area contributed by atoms with Gasteiger partial charge in [-0.05, 0) is 18.2 Å². The van der Waals surface area contributed by atoms with Crippen LogP contribution in [0.2, 0.25) is 0 Å². The third kappa shape index (κ3) is 3.61. The molecule has 0 fully saturated rings. The molecule has 1 aromatic carbocycles. The largest absolute Gasteiger partial charge is 0.295 e. The SMILES string of the molecule is C=C=CCN(CC)Cc1ccccc1. The zero-order valence-electron chi connectivity index (χ0n) is 8.74. The van der Waals surface area contributed by atoms with Crippen molar-refractivity contribution in [1.82, 2.24) is 4.90 Å². The Balaban J connectivity index is 2.52. The molecule has 0 saturated carbocycles. The average molecular weight is 187 g/mol. The maximum absolute atomic E-state index is 3.57. The van der Waals surface area contributed by atoms with Gasteiger partial charge in [-0.25, -0.2) is 0 Å². The Morgan fingerprint density at radius 1 is 1.36 bits per heavy atom. The zero-order chi connectivity index (χ0) is 10.2. The molecule has 0 atom stereocenters. The maximum atomic E-state index is 3.57. The van der Waals surface area contributed by atoms with Crippen molar-refractivity contribution in [3.8, 4) is 0 Å². The number of nitrogens with zero attached hydrogens (tertiary/aromatic N) is 1. The highest BCUT2D eigenvalue weighted by molar-refractivity contribution is 5.14. The fourth-order valence-corrected chi connectivity index (χ4v) is 1.34. The van der Waals surface area contributed by atoms with Crippen molar-refractivity contribution < 1.29 is 0 Å². The molecule has 0 saturated heterocycles. The van der Waals surface area contributed by atoms with E-state index in [0.717, 1.165) is 19.6 Å². The molecule has 0 aliphatic rings. The summed E-state index contributed by atoms with van der Waals surface area (Å²) < 4.78 is 0. The lowest BCUT2D eigenvalue weighted by Gasteiger charge is -2.17. The van der Waals surface area contributed by atoms with Crippen molar-refractivity contribution in [2.24, 2.45) is 0 Å². The van der Waals surface area contributed by atoms with E-state index in [9.17, 15) is 0 Å². The molecule has 0 bridgehead atoms. The van der Waals surface area contributed by atoms with Crippen LogP contribution in [0.3, 0.4) is 0 Å². The Kier molecular flexibility index (Phi) is 4.77. The third-order valence-electron chi connectivity index (χ3n) is 2.19. The number of likely N-dealkylation sites (N-methyl/N-ethyl adjacent to an activating group) is 1. The molecule has 1 nitrogen and oxygen atoms in total. The number of rotatable bonds is 5. The summed E-state index contributed by atoms with van der Waals surface area (Å²) in [6.07, 6.45) is 1.96. The van der Waals surface area contributed by atoms with Crippen LogP contribution in [0.4, 0.5) is 0 Å². The lowest BCUT2D eigenvalue weighted by Crippen LogP contribution is -2.22. The summed E-state index contributed by atoms with van der Waals surface area (Å²) in [5.41, 5.74) is 4.16. The van der Waals surface area contributed by atoms with E-state index in [-0.39, 0.29) is 0 Å². The molecule has 0 aromatic heterocycles. The van der Waals surface area contributed by atoms with Gasteiger partial charge in [0.1, 0.15) is 0 Å². The molecule has 1 aromatic rings. The van der Waals surface area contributed by atoms with Crippen molar-refractivity contribution >= 4 is 0 Å². The molecular weight excluding hydrogens is 170 g/mol. The summed E-state index contributed by atoms with van der Waals surface area (Å²) in [7, 11) is 0. The van der Waals surface area contributed by atoms with Crippen LogP contribution in [0.1, 0.15) is 12.5 Å². The minimum atomic E-state index is 0.925. The van der Waals surface area contributed by atoms with Crippen LogP contribution in [-0.4, -0.2) is 18.0 Å². The van der Waals surface area contributed by atoms with E-state index in [1.54, 1.807) is 0 Å². The minimum absolute atomic E-state index is 0.925. The van der Waals surface area contributed by atoms with E-state index in [4.69, 9.17) is 0 Å². The molecule has 0 amide bonds. The van der Waals surface area contributed by atoms with Gasteiger partial charge < -0.3 is 0 Å². The first kappa shape index (κ1) is 10.8. The fourth-order valence-electron chi connectivity index (χ4n) is 1.34. The first-order valence-corrected chi connectivity index (χ1v) is 4.97. The van der Waals surface area contributed by atoms with Crippen LogP contribution in [0.25, 0.3) is 0 Å². The summed E-state index contributed by atoms with van der Waals surface area (Å²) >= 11 is 0. The first-order chi connectivity index (χ1) is 6.86. The molecule has 1 rings (SSSR count). The highest BCUT2D eigenvalue weighted by Crippen LogP contribution is 2.03. The second-order valence-corrected chi connectivity index (χ2v) is 3.22. The first-order valence-electron chi connectivity index (χ1n) is 4.97. The van der Waals surface area contributed by atoms with Crippen molar-refractivity contribution in [1.29, 1.82) is 0 Å². The van der Waals surface area contributed by atoms with Gasteiger partial charge in [0.25, 0.3) is 0 Å². The van der Waals surface area contributed by atoms with Gasteiger partial charge in [0.15, 0.2) is 0 Å². The Bertz CT molecular complexity index is 296. The van der Waals surface area contributed by atoms with Crippen LogP contribution >= 0.6 is 0 Å². The molecule has 0 radical (unpaired) electrons. The van der Waals surface area contributed by atoms with Crippen molar-refractivity contribution in [2.45, 2.75) is 13.5 Å². The molecular formula is C13H17N. The van der Waals surface area contributed by atoms with E-state index < -0.39 is 0 Å². The second kappa shape index (κ2) is 6.20. The predicted octanol–water partition coefficient (Wildman–Crippen LogP) is 2.85. The summed E-state index contributed by atoms with van der Waals surface area (Å²) in [5.74, 6) is 0. The van der Waals surface area contributed by atoms with Crippen LogP contribution < -0.4 is 0 Å². The van der Waals surface area contributed by atoms with Gasteiger partial charge >= 0.3 is 0 Å². The predicted molar refractivity (Wildman–Crippen MR) is 61.1 cm³/mol. The van der Waals surface area contributed by atoms with E-state index in [2.05, 4.69) is 48.4 Å². The molecule has 14 heavy (non-hydrogen) atoms. The minimum Gasteiger partial charge on any atom is -0.295 e. The molecule has 0 spiro atoms. The number of hydrogen-bond acceptors (Lipinski definition) is 1. The van der Waals surface area contributed by atoms with Crippen LogP contribution in [0, 0.1) is 0 Å². The third-order valence-corrected chi connectivity index (χ3v) is 2.19. The highest BCUT2D eigenvalue weighted by Gasteiger charge is 2.00. The molecule has 74 valence electrons. The summed E-state index contributed by atoms with van der Waals surface area (Å²) in [4.78, 5) is 2.34. The van der Waals surface area contributed by atoms with Crippen molar-refractivity contribution in [3.05, 3.63) is 54.3 Å². The van der Waals surface area contributed by atoms with E-state index in [0.29, 0.717) is 0 Å². The standard InChI is InChI=1S/C13H17N/c1-3-5-11-14(4-2)12-13-9-7-6-8-10-13/h5-10H,1,4,11-12H2,2H3. The number of benzene rings is 1. The summed E-state index contributed by atoms with van der Waals surface area (Å²) in [6, 6.07) is 10.5. The average Bonchev–Trinajstić information content (AvgIpc) is 2.25. The number of hydrogen-bond donors (Lipinski definition) is 0. The molecule has 1 heteroatoms.